The van der Waals surface area contributed by atoms with Crippen molar-refractivity contribution in [3.05, 3.63) is 35.4 Å². The zero-order valence-corrected chi connectivity index (χ0v) is 12.3. The Morgan fingerprint density at radius 2 is 1.91 bits per heavy atom. The minimum atomic E-state index is -4.16. The molecule has 0 bridgehead atoms. The Balaban J connectivity index is 1.89. The lowest BCUT2D eigenvalue weighted by Crippen LogP contribution is -2.53. The van der Waals surface area contributed by atoms with Gasteiger partial charge >= 0.3 is 12.1 Å². The van der Waals surface area contributed by atoms with Gasteiger partial charge in [0.05, 0.1) is 12.1 Å². The fourth-order valence-electron chi connectivity index (χ4n) is 2.69. The van der Waals surface area contributed by atoms with E-state index in [0.29, 0.717) is 26.2 Å². The van der Waals surface area contributed by atoms with Gasteiger partial charge in [-0.3, -0.25) is 9.80 Å². The molecule has 2 rings (SSSR count). The van der Waals surface area contributed by atoms with Crippen LogP contribution in [0.3, 0.4) is 0 Å². The second kappa shape index (κ2) is 6.66. The summed E-state index contributed by atoms with van der Waals surface area (Å²) >= 11 is 0. The van der Waals surface area contributed by atoms with Gasteiger partial charge in [0.2, 0.25) is 0 Å². The summed E-state index contributed by atoms with van der Waals surface area (Å²) in [7, 11) is 0. The lowest BCUT2D eigenvalue weighted by molar-refractivity contribution is -0.155. The zero-order chi connectivity index (χ0) is 16.3. The molecule has 0 spiro atoms. The Morgan fingerprint density at radius 1 is 1.27 bits per heavy atom. The van der Waals surface area contributed by atoms with Gasteiger partial charge in [-0.2, -0.15) is 13.2 Å². The van der Waals surface area contributed by atoms with Crippen molar-refractivity contribution in [2.24, 2.45) is 0 Å². The number of piperazine rings is 1. The molecule has 7 heteroatoms. The number of nitrogens with zero attached hydrogens (tertiary/aromatic N) is 2. The van der Waals surface area contributed by atoms with Crippen molar-refractivity contribution in [2.45, 2.75) is 25.7 Å². The van der Waals surface area contributed by atoms with Crippen molar-refractivity contribution in [2.75, 3.05) is 26.2 Å². The van der Waals surface area contributed by atoms with E-state index in [1.807, 2.05) is 0 Å². The van der Waals surface area contributed by atoms with Gasteiger partial charge in [0.1, 0.15) is 0 Å². The van der Waals surface area contributed by atoms with Gasteiger partial charge in [-0.25, -0.2) is 4.79 Å². The largest absolute Gasteiger partial charge is 0.478 e. The highest BCUT2D eigenvalue weighted by Crippen LogP contribution is 2.21. The molecule has 1 aromatic rings. The Labute approximate surface area is 127 Å². The second-order valence-electron chi connectivity index (χ2n) is 5.67. The van der Waals surface area contributed by atoms with Gasteiger partial charge in [0, 0.05) is 32.2 Å². The van der Waals surface area contributed by atoms with Crippen LogP contribution in [0, 0.1) is 0 Å². The maximum absolute atomic E-state index is 12.5. The monoisotopic (exact) mass is 316 g/mol. The van der Waals surface area contributed by atoms with Crippen LogP contribution >= 0.6 is 0 Å². The molecule has 4 nitrogen and oxygen atoms in total. The van der Waals surface area contributed by atoms with Crippen LogP contribution in [0.25, 0.3) is 0 Å². The molecule has 1 aliphatic heterocycles. The van der Waals surface area contributed by atoms with E-state index >= 15 is 0 Å². The summed E-state index contributed by atoms with van der Waals surface area (Å²) in [6.07, 6.45) is -4.16. The van der Waals surface area contributed by atoms with E-state index in [4.69, 9.17) is 5.11 Å². The number of carboxylic acid groups (broad SMARTS) is 1. The molecule has 1 aliphatic rings. The molecule has 0 aliphatic carbocycles. The molecule has 1 saturated heterocycles. The number of carboxylic acids is 1. The predicted molar refractivity (Wildman–Crippen MR) is 75.8 cm³/mol. The normalized spacial score (nSPS) is 21.0. The first-order chi connectivity index (χ1) is 10.2. The van der Waals surface area contributed by atoms with Gasteiger partial charge < -0.3 is 5.11 Å². The SMILES string of the molecule is CC1CN(Cc2ccc(C(=O)O)cc2)CCN1CC(F)(F)F. The highest BCUT2D eigenvalue weighted by molar-refractivity contribution is 5.87. The predicted octanol–water partition coefficient (Wildman–Crippen LogP) is 2.45. The van der Waals surface area contributed by atoms with E-state index < -0.39 is 18.7 Å². The molecular weight excluding hydrogens is 297 g/mol. The van der Waals surface area contributed by atoms with Crippen molar-refractivity contribution in [1.29, 1.82) is 0 Å². The third-order valence-corrected chi connectivity index (χ3v) is 3.84. The minimum Gasteiger partial charge on any atom is -0.478 e. The lowest BCUT2D eigenvalue weighted by Gasteiger charge is -2.40. The van der Waals surface area contributed by atoms with Crippen molar-refractivity contribution in [3.8, 4) is 0 Å². The first-order valence-electron chi connectivity index (χ1n) is 7.10. The van der Waals surface area contributed by atoms with Crippen molar-refractivity contribution in [3.63, 3.8) is 0 Å². The molecule has 0 aromatic heterocycles. The van der Waals surface area contributed by atoms with E-state index in [1.54, 1.807) is 31.2 Å². The molecule has 1 aromatic carbocycles. The fraction of sp³-hybridized carbons (Fsp3) is 0.533. The Morgan fingerprint density at radius 3 is 2.41 bits per heavy atom. The summed E-state index contributed by atoms with van der Waals surface area (Å²) in [5, 5.41) is 8.85. The first kappa shape index (κ1) is 16.8. The number of carbonyl (C=O) groups is 1. The van der Waals surface area contributed by atoms with Gasteiger partial charge in [0.15, 0.2) is 0 Å². The van der Waals surface area contributed by atoms with Crippen LogP contribution in [0.5, 0.6) is 0 Å². The molecule has 0 radical (unpaired) electrons. The van der Waals surface area contributed by atoms with Gasteiger partial charge in [-0.1, -0.05) is 12.1 Å². The smallest absolute Gasteiger partial charge is 0.401 e. The van der Waals surface area contributed by atoms with Crippen LogP contribution in [0.2, 0.25) is 0 Å². The lowest BCUT2D eigenvalue weighted by atomic mass is 10.1. The summed E-state index contributed by atoms with van der Waals surface area (Å²) in [5.41, 5.74) is 1.19. The standard InChI is InChI=1S/C15H19F3N2O2/c1-11-8-19(6-7-20(11)10-15(16,17)18)9-12-2-4-13(5-3-12)14(21)22/h2-5,11H,6-10H2,1H3,(H,21,22). The molecule has 1 heterocycles. The third kappa shape index (κ3) is 4.71. The zero-order valence-electron chi connectivity index (χ0n) is 12.3. The molecule has 1 fully saturated rings. The molecule has 0 saturated carbocycles. The van der Waals surface area contributed by atoms with Crippen LogP contribution in [0.1, 0.15) is 22.8 Å². The molecule has 22 heavy (non-hydrogen) atoms. The fourth-order valence-corrected chi connectivity index (χ4v) is 2.69. The maximum Gasteiger partial charge on any atom is 0.401 e. The summed E-state index contributed by atoms with van der Waals surface area (Å²) in [5.74, 6) is -0.971. The maximum atomic E-state index is 12.5. The molecule has 1 atom stereocenters. The van der Waals surface area contributed by atoms with E-state index in [2.05, 4.69) is 4.90 Å². The highest BCUT2D eigenvalue weighted by Gasteiger charge is 2.34. The van der Waals surface area contributed by atoms with Gasteiger partial charge in [0.25, 0.3) is 0 Å². The van der Waals surface area contributed by atoms with E-state index in [9.17, 15) is 18.0 Å². The van der Waals surface area contributed by atoms with E-state index in [1.165, 1.54) is 4.90 Å². The summed E-state index contributed by atoms with van der Waals surface area (Å²) in [6, 6.07) is 6.42. The van der Waals surface area contributed by atoms with Crippen LogP contribution < -0.4 is 0 Å². The number of aromatic carboxylic acids is 1. The van der Waals surface area contributed by atoms with Gasteiger partial charge in [-0.05, 0) is 24.6 Å². The number of rotatable bonds is 4. The van der Waals surface area contributed by atoms with Crippen molar-refractivity contribution in [1.82, 2.24) is 9.80 Å². The summed E-state index contributed by atoms with van der Waals surface area (Å²) < 4.78 is 37.4. The quantitative estimate of drug-likeness (QED) is 0.927. The van der Waals surface area contributed by atoms with Crippen LogP contribution in [-0.4, -0.2) is 59.3 Å². The van der Waals surface area contributed by atoms with Crippen molar-refractivity contribution >= 4 is 5.97 Å². The molecule has 1 N–H and O–H groups in total. The second-order valence-corrected chi connectivity index (χ2v) is 5.67. The van der Waals surface area contributed by atoms with Crippen LogP contribution in [-0.2, 0) is 6.54 Å². The van der Waals surface area contributed by atoms with Crippen molar-refractivity contribution < 1.29 is 23.1 Å². The molecule has 122 valence electrons. The Bertz CT molecular complexity index is 517. The molecule has 1 unspecified atom stereocenters. The third-order valence-electron chi connectivity index (χ3n) is 3.84. The van der Waals surface area contributed by atoms with Crippen LogP contribution in [0.15, 0.2) is 24.3 Å². The number of benzene rings is 1. The number of hydrogen-bond donors (Lipinski definition) is 1. The number of hydrogen-bond acceptors (Lipinski definition) is 3. The Kier molecular flexibility index (Phi) is 5.08. The first-order valence-corrected chi connectivity index (χ1v) is 7.10. The van der Waals surface area contributed by atoms with E-state index in [-0.39, 0.29) is 11.6 Å². The minimum absolute atomic E-state index is 0.159. The molecule has 0 amide bonds. The van der Waals surface area contributed by atoms with E-state index in [0.717, 1.165) is 5.56 Å². The average Bonchev–Trinajstić information content (AvgIpc) is 2.41. The van der Waals surface area contributed by atoms with Gasteiger partial charge in [-0.15, -0.1) is 0 Å². The average molecular weight is 316 g/mol. The number of alkyl halides is 3. The highest BCUT2D eigenvalue weighted by atomic mass is 19.4. The number of halogens is 3. The summed E-state index contributed by atoms with van der Waals surface area (Å²) in [6.45, 7) is 3.07. The molecular formula is C15H19F3N2O2. The Hall–Kier alpha value is -1.60. The summed E-state index contributed by atoms with van der Waals surface area (Å²) in [4.78, 5) is 14.3. The topological polar surface area (TPSA) is 43.8 Å². The van der Waals surface area contributed by atoms with Crippen LogP contribution in [0.4, 0.5) is 13.2 Å².